The van der Waals surface area contributed by atoms with Crippen molar-refractivity contribution in [1.82, 2.24) is 0 Å². The molecule has 0 aromatic heterocycles. The molecule has 0 atom stereocenters. The third-order valence-electron chi connectivity index (χ3n) is 2.37. The Morgan fingerprint density at radius 1 is 1.00 bits per heavy atom. The highest BCUT2D eigenvalue weighted by molar-refractivity contribution is 5.47. The van der Waals surface area contributed by atoms with Crippen LogP contribution in [-0.2, 0) is 0 Å². The number of hydrogen-bond donors (Lipinski definition) is 1. The maximum absolute atomic E-state index is 13.3. The summed E-state index contributed by atoms with van der Waals surface area (Å²) in [7, 11) is 0. The topological polar surface area (TPSA) is 12.0 Å². The standard InChI is InChI=1S/C15H10F3N/c16-12-9-13(17)15(18)14(10-12)19-8-4-7-11-5-2-1-3-6-11/h1-3,5-6,9-10,19H,8H2. The zero-order valence-corrected chi connectivity index (χ0v) is 9.88. The summed E-state index contributed by atoms with van der Waals surface area (Å²) in [4.78, 5) is 0. The van der Waals surface area contributed by atoms with Crippen LogP contribution in [0, 0.1) is 29.3 Å². The van der Waals surface area contributed by atoms with E-state index in [0.717, 1.165) is 11.6 Å². The molecule has 0 heterocycles. The lowest BCUT2D eigenvalue weighted by Crippen LogP contribution is -2.03. The second-order valence-corrected chi connectivity index (χ2v) is 3.77. The predicted molar refractivity (Wildman–Crippen MR) is 68.1 cm³/mol. The zero-order valence-electron chi connectivity index (χ0n) is 9.88. The molecule has 0 radical (unpaired) electrons. The molecular formula is C15H10F3N. The van der Waals surface area contributed by atoms with E-state index in [2.05, 4.69) is 17.2 Å². The Bertz CT molecular complexity index is 627. The van der Waals surface area contributed by atoms with Crippen molar-refractivity contribution in [2.45, 2.75) is 0 Å². The summed E-state index contributed by atoms with van der Waals surface area (Å²) >= 11 is 0. The van der Waals surface area contributed by atoms with Crippen LogP contribution < -0.4 is 5.32 Å². The quantitative estimate of drug-likeness (QED) is 0.643. The van der Waals surface area contributed by atoms with Crippen molar-refractivity contribution in [1.29, 1.82) is 0 Å². The van der Waals surface area contributed by atoms with Gasteiger partial charge < -0.3 is 5.32 Å². The maximum Gasteiger partial charge on any atom is 0.182 e. The van der Waals surface area contributed by atoms with Gasteiger partial charge >= 0.3 is 0 Å². The molecule has 0 aliphatic rings. The summed E-state index contributed by atoms with van der Waals surface area (Å²) in [5.41, 5.74) is 0.579. The van der Waals surface area contributed by atoms with Crippen LogP contribution in [0.3, 0.4) is 0 Å². The molecule has 19 heavy (non-hydrogen) atoms. The largest absolute Gasteiger partial charge is 0.372 e. The molecule has 0 unspecified atom stereocenters. The second kappa shape index (κ2) is 5.96. The number of anilines is 1. The molecule has 0 amide bonds. The van der Waals surface area contributed by atoms with Gasteiger partial charge in [-0.05, 0) is 12.1 Å². The normalized spacial score (nSPS) is 9.63. The SMILES string of the molecule is Fc1cc(F)c(F)c(NCC#Cc2ccccc2)c1. The summed E-state index contributed by atoms with van der Waals surface area (Å²) in [6.45, 7) is 0.0920. The molecule has 0 aliphatic carbocycles. The predicted octanol–water partition coefficient (Wildman–Crippen LogP) is 3.57. The molecule has 0 spiro atoms. The van der Waals surface area contributed by atoms with Gasteiger partial charge in [-0.25, -0.2) is 13.2 Å². The van der Waals surface area contributed by atoms with E-state index in [9.17, 15) is 13.2 Å². The lowest BCUT2D eigenvalue weighted by Gasteiger charge is -2.04. The van der Waals surface area contributed by atoms with Crippen LogP contribution in [0.15, 0.2) is 42.5 Å². The van der Waals surface area contributed by atoms with Crippen molar-refractivity contribution in [2.75, 3.05) is 11.9 Å². The smallest absolute Gasteiger partial charge is 0.182 e. The third-order valence-corrected chi connectivity index (χ3v) is 2.37. The highest BCUT2D eigenvalue weighted by atomic mass is 19.2. The van der Waals surface area contributed by atoms with Gasteiger partial charge in [-0.15, -0.1) is 0 Å². The fourth-order valence-electron chi connectivity index (χ4n) is 1.49. The minimum Gasteiger partial charge on any atom is -0.372 e. The van der Waals surface area contributed by atoms with Crippen LogP contribution in [0.25, 0.3) is 0 Å². The average Bonchev–Trinajstić information content (AvgIpc) is 2.41. The van der Waals surface area contributed by atoms with Gasteiger partial charge in [0.15, 0.2) is 11.6 Å². The molecule has 0 saturated carbocycles. The van der Waals surface area contributed by atoms with Crippen molar-refractivity contribution in [3.05, 3.63) is 65.5 Å². The summed E-state index contributed by atoms with van der Waals surface area (Å²) < 4.78 is 39.1. The molecule has 0 saturated heterocycles. The van der Waals surface area contributed by atoms with Gasteiger partial charge in [-0.1, -0.05) is 30.0 Å². The van der Waals surface area contributed by atoms with Gasteiger partial charge in [-0.2, -0.15) is 0 Å². The van der Waals surface area contributed by atoms with E-state index >= 15 is 0 Å². The van der Waals surface area contributed by atoms with E-state index in [0.29, 0.717) is 6.07 Å². The highest BCUT2D eigenvalue weighted by Gasteiger charge is 2.09. The number of halogens is 3. The minimum atomic E-state index is -1.22. The molecule has 0 aliphatic heterocycles. The van der Waals surface area contributed by atoms with E-state index in [1.54, 1.807) is 0 Å². The number of hydrogen-bond acceptors (Lipinski definition) is 1. The molecule has 0 bridgehead atoms. The Labute approximate surface area is 109 Å². The highest BCUT2D eigenvalue weighted by Crippen LogP contribution is 2.18. The fraction of sp³-hybridized carbons (Fsp3) is 0.0667. The molecule has 2 rings (SSSR count). The van der Waals surface area contributed by atoms with E-state index in [1.165, 1.54) is 0 Å². The van der Waals surface area contributed by atoms with Crippen molar-refractivity contribution in [3.8, 4) is 11.8 Å². The molecule has 2 aromatic rings. The first kappa shape index (κ1) is 13.0. The van der Waals surface area contributed by atoms with Crippen molar-refractivity contribution in [2.24, 2.45) is 0 Å². The lowest BCUT2D eigenvalue weighted by atomic mass is 10.2. The van der Waals surface area contributed by atoms with Gasteiger partial charge in [0.1, 0.15) is 5.82 Å². The van der Waals surface area contributed by atoms with Crippen LogP contribution >= 0.6 is 0 Å². The van der Waals surface area contributed by atoms with Crippen molar-refractivity contribution >= 4 is 5.69 Å². The van der Waals surface area contributed by atoms with Crippen molar-refractivity contribution < 1.29 is 13.2 Å². The number of rotatable bonds is 2. The van der Waals surface area contributed by atoms with E-state index in [4.69, 9.17) is 0 Å². The summed E-state index contributed by atoms with van der Waals surface area (Å²) in [6, 6.07) is 10.6. The Kier molecular flexibility index (Phi) is 4.09. The number of nitrogens with one attached hydrogen (secondary N) is 1. The van der Waals surface area contributed by atoms with E-state index in [-0.39, 0.29) is 12.2 Å². The first-order valence-corrected chi connectivity index (χ1v) is 5.59. The average molecular weight is 261 g/mol. The van der Waals surface area contributed by atoms with E-state index in [1.807, 2.05) is 30.3 Å². The Hall–Kier alpha value is -2.41. The molecule has 2 aromatic carbocycles. The van der Waals surface area contributed by atoms with Crippen LogP contribution in [0.4, 0.5) is 18.9 Å². The lowest BCUT2D eigenvalue weighted by molar-refractivity contribution is 0.498. The van der Waals surface area contributed by atoms with Gasteiger partial charge in [-0.3, -0.25) is 0 Å². The minimum absolute atomic E-state index is 0.0920. The van der Waals surface area contributed by atoms with E-state index < -0.39 is 17.5 Å². The third kappa shape index (κ3) is 3.52. The van der Waals surface area contributed by atoms with Crippen molar-refractivity contribution in [3.63, 3.8) is 0 Å². The molecule has 1 nitrogen and oxygen atoms in total. The maximum atomic E-state index is 13.3. The molecule has 1 N–H and O–H groups in total. The van der Waals surface area contributed by atoms with Gasteiger partial charge in [0.2, 0.25) is 0 Å². The Morgan fingerprint density at radius 2 is 1.74 bits per heavy atom. The molecule has 0 fully saturated rings. The monoisotopic (exact) mass is 261 g/mol. The van der Waals surface area contributed by atoms with Gasteiger partial charge in [0, 0.05) is 17.7 Å². The second-order valence-electron chi connectivity index (χ2n) is 3.77. The first-order valence-electron chi connectivity index (χ1n) is 5.59. The summed E-state index contributed by atoms with van der Waals surface area (Å²) in [5, 5.41) is 2.54. The molecular weight excluding hydrogens is 251 g/mol. The first-order chi connectivity index (χ1) is 9.16. The molecule has 96 valence electrons. The fourth-order valence-corrected chi connectivity index (χ4v) is 1.49. The zero-order chi connectivity index (χ0) is 13.7. The van der Waals surface area contributed by atoms with Crippen LogP contribution in [0.1, 0.15) is 5.56 Å². The summed E-state index contributed by atoms with van der Waals surface area (Å²) in [5.74, 6) is 2.42. The molecule has 4 heteroatoms. The van der Waals surface area contributed by atoms with Gasteiger partial charge in [0.25, 0.3) is 0 Å². The van der Waals surface area contributed by atoms with Crippen LogP contribution in [0.2, 0.25) is 0 Å². The number of benzene rings is 2. The van der Waals surface area contributed by atoms with Gasteiger partial charge in [0.05, 0.1) is 12.2 Å². The Morgan fingerprint density at radius 3 is 2.47 bits per heavy atom. The van der Waals surface area contributed by atoms with Crippen LogP contribution in [-0.4, -0.2) is 6.54 Å². The Balaban J connectivity index is 2.03. The van der Waals surface area contributed by atoms with Crippen LogP contribution in [0.5, 0.6) is 0 Å². The summed E-state index contributed by atoms with van der Waals surface area (Å²) in [6.07, 6.45) is 0.